The lowest BCUT2D eigenvalue weighted by Gasteiger charge is -1.82. The Labute approximate surface area is 36.8 Å². The maximum Gasteiger partial charge on any atom is 0.466 e. The molecule has 0 rings (SSSR count). The van der Waals surface area contributed by atoms with E-state index in [2.05, 4.69) is 5.48 Å². The van der Waals surface area contributed by atoms with Gasteiger partial charge in [0.25, 0.3) is 0 Å². The smallest absolute Gasteiger partial charge is 0.412 e. The lowest BCUT2D eigenvalue weighted by atomic mass is 15.8. The lowest BCUT2D eigenvalue weighted by molar-refractivity contribution is 0.275. The van der Waals surface area contributed by atoms with Crippen molar-refractivity contribution in [1.82, 2.24) is 0 Å². The molecule has 0 amide bonds. The van der Waals surface area contributed by atoms with Gasteiger partial charge in [0.1, 0.15) is 0 Å². The molecule has 0 unspecified atom stereocenters. The van der Waals surface area contributed by atoms with Crippen molar-refractivity contribution >= 4 is 7.82 Å². The monoisotopic (exact) mass is 118 g/mol. The van der Waals surface area contributed by atoms with Crippen LogP contribution >= 0.6 is 7.82 Å². The van der Waals surface area contributed by atoms with Crippen LogP contribution in [-0.2, 0) is 4.57 Å². The SMILES string of the molecule is O=P(O)(O)O.[2H]O[2H]. The fourth-order valence-corrected chi connectivity index (χ4v) is 0. The van der Waals surface area contributed by atoms with Gasteiger partial charge in [0.2, 0.25) is 2.86 Å². The summed E-state index contributed by atoms with van der Waals surface area (Å²) in [7, 11) is -4.64. The van der Waals surface area contributed by atoms with Crippen LogP contribution in [0.15, 0.2) is 0 Å². The maximum atomic E-state index is 8.88. The number of hydrogen-bond acceptors (Lipinski definition) is 1. The topological polar surface area (TPSA) is 109 Å². The molecule has 0 saturated carbocycles. The van der Waals surface area contributed by atoms with Gasteiger partial charge in [-0.15, -0.1) is 0 Å². The van der Waals surface area contributed by atoms with Crippen LogP contribution in [0, 0.1) is 0 Å². The second-order valence-corrected chi connectivity index (χ2v) is 1.54. The highest BCUT2D eigenvalue weighted by Gasteiger charge is 2.00. The predicted octanol–water partition coefficient (Wildman–Crippen LogP) is -1.75. The van der Waals surface area contributed by atoms with Crippen LogP contribution in [0.4, 0.5) is 0 Å². The highest BCUT2D eigenvalue weighted by atomic mass is 31.2. The largest absolute Gasteiger partial charge is 0.466 e. The Hall–Kier alpha value is 0.0700. The van der Waals surface area contributed by atoms with Crippen molar-refractivity contribution in [1.29, 1.82) is 2.86 Å². The quantitative estimate of drug-likeness (QED) is 0.327. The van der Waals surface area contributed by atoms with Crippen molar-refractivity contribution in [3.8, 4) is 0 Å². The summed E-state index contributed by atoms with van der Waals surface area (Å²) in [6, 6.07) is 0. The maximum absolute atomic E-state index is 8.88. The molecule has 5 N–H and O–H groups in total. The second kappa shape index (κ2) is 2.28. The average molecular weight is 118 g/mol. The van der Waals surface area contributed by atoms with Gasteiger partial charge in [0, 0.05) is 0 Å². The minimum absolute atomic E-state index is 2.75. The van der Waals surface area contributed by atoms with Gasteiger partial charge in [-0.3, -0.25) is 0 Å². The first-order chi connectivity index (χ1) is 3.41. The van der Waals surface area contributed by atoms with E-state index in [0.717, 1.165) is 0 Å². The van der Waals surface area contributed by atoms with E-state index in [4.69, 9.17) is 22.1 Å². The molecule has 0 heterocycles. The van der Waals surface area contributed by atoms with Gasteiger partial charge in [-0.1, -0.05) is 0 Å². The van der Waals surface area contributed by atoms with Crippen LogP contribution in [-0.4, -0.2) is 23.0 Å². The molecule has 6 heteroatoms. The van der Waals surface area contributed by atoms with Crippen molar-refractivity contribution in [2.45, 2.75) is 0 Å². The Balaban J connectivity index is 0. The van der Waals surface area contributed by atoms with Crippen LogP contribution in [0.5, 0.6) is 0 Å². The van der Waals surface area contributed by atoms with Crippen LogP contribution < -0.4 is 0 Å². The van der Waals surface area contributed by atoms with Crippen molar-refractivity contribution in [3.63, 3.8) is 0 Å². The van der Waals surface area contributed by atoms with Gasteiger partial charge in [0.15, 0.2) is 0 Å². The third kappa shape index (κ3) is 7830. The molecule has 0 aromatic rings. The molecular weight excluding hydrogens is 111 g/mol. The van der Waals surface area contributed by atoms with Crippen LogP contribution in [0.3, 0.4) is 0 Å². The Morgan fingerprint density at radius 2 is 1.67 bits per heavy atom. The summed E-state index contributed by atoms with van der Waals surface area (Å²) in [5, 5.41) is 0. The lowest BCUT2D eigenvalue weighted by Crippen LogP contribution is -1.66. The molecule has 0 aromatic carbocycles. The molecular formula is H5O5P. The number of rotatable bonds is 0. The zero-order valence-electron chi connectivity index (χ0n) is 4.61. The molecule has 0 aliphatic carbocycles. The first kappa shape index (κ1) is 4.23. The fourth-order valence-electron chi connectivity index (χ4n) is 0. The zero-order valence-corrected chi connectivity index (χ0v) is 3.50. The third-order valence-corrected chi connectivity index (χ3v) is 0. The summed E-state index contributed by atoms with van der Waals surface area (Å²) in [6.45, 7) is 0. The van der Waals surface area contributed by atoms with Crippen molar-refractivity contribution in [2.24, 2.45) is 0 Å². The Bertz CT molecular complexity index is 66.2. The summed E-state index contributed by atoms with van der Waals surface area (Å²) in [5.74, 6) is 0. The molecule has 0 bridgehead atoms. The minimum Gasteiger partial charge on any atom is -0.412 e. The van der Waals surface area contributed by atoms with Crippen molar-refractivity contribution in [2.75, 3.05) is 0 Å². The van der Waals surface area contributed by atoms with E-state index in [1.165, 1.54) is 0 Å². The van der Waals surface area contributed by atoms with E-state index in [1.54, 1.807) is 0 Å². The Morgan fingerprint density at radius 1 is 1.67 bits per heavy atom. The Kier molecular flexibility index (Phi) is 1.61. The van der Waals surface area contributed by atoms with Crippen LogP contribution in [0.25, 0.3) is 0 Å². The van der Waals surface area contributed by atoms with E-state index >= 15 is 0 Å². The van der Waals surface area contributed by atoms with Crippen LogP contribution in [0.1, 0.15) is 0 Å². The molecule has 40 valence electrons. The molecule has 0 radical (unpaired) electrons. The van der Waals surface area contributed by atoms with Gasteiger partial charge >= 0.3 is 7.82 Å². The van der Waals surface area contributed by atoms with Crippen LogP contribution in [0.2, 0.25) is 0 Å². The second-order valence-electron chi connectivity index (χ2n) is 0.513. The molecule has 6 heavy (non-hydrogen) atoms. The molecule has 0 fully saturated rings. The predicted molar refractivity (Wildman–Crippen MR) is 17.9 cm³/mol. The zero-order chi connectivity index (χ0) is 7.21. The molecule has 0 spiro atoms. The van der Waals surface area contributed by atoms with Crippen molar-refractivity contribution in [3.05, 3.63) is 0 Å². The molecule has 0 aliphatic rings. The van der Waals surface area contributed by atoms with Gasteiger partial charge in [-0.2, -0.15) is 0 Å². The van der Waals surface area contributed by atoms with E-state index < -0.39 is 7.82 Å². The molecule has 0 aromatic heterocycles. The Morgan fingerprint density at radius 3 is 1.67 bits per heavy atom. The van der Waals surface area contributed by atoms with Gasteiger partial charge in [-0.05, 0) is 0 Å². The standard InChI is InChI=1S/H3O4P.H2O/c1-5(2,3)4;/h(H3,1,2,3,4);1H2/i/hD2. The number of phosphoric acid groups is 1. The average Bonchev–Trinajstić information content (AvgIpc) is 1.27. The normalized spacial score (nSPS) is 13.2. The molecule has 5 nitrogen and oxygen atoms in total. The van der Waals surface area contributed by atoms with E-state index in [1.807, 2.05) is 0 Å². The van der Waals surface area contributed by atoms with Crippen molar-refractivity contribution < 1.29 is 24.7 Å². The summed E-state index contributed by atoms with van der Waals surface area (Å²) < 4.78 is 19.6. The first-order valence-corrected chi connectivity index (χ1v) is 2.35. The first-order valence-electron chi connectivity index (χ1n) is 1.60. The van der Waals surface area contributed by atoms with Gasteiger partial charge in [-0.25, -0.2) is 4.57 Å². The molecule has 0 atom stereocenters. The minimum atomic E-state index is -4.64. The van der Waals surface area contributed by atoms with E-state index in [0.29, 0.717) is 0 Å². The van der Waals surface area contributed by atoms with E-state index in [-0.39, 0.29) is 0 Å². The van der Waals surface area contributed by atoms with Gasteiger partial charge < -0.3 is 20.2 Å². The summed E-state index contributed by atoms with van der Waals surface area (Å²) >= 11 is 0. The summed E-state index contributed by atoms with van der Waals surface area (Å²) in [5.41, 5.74) is 2.75. The van der Waals surface area contributed by atoms with Gasteiger partial charge in [0.05, 0.1) is 0 Å². The molecule has 0 saturated heterocycles. The highest BCUT2D eigenvalue weighted by molar-refractivity contribution is 7.45. The molecule has 0 aliphatic heterocycles. The third-order valence-electron chi connectivity index (χ3n) is 0. The highest BCUT2D eigenvalue weighted by Crippen LogP contribution is 2.25. The summed E-state index contributed by atoms with van der Waals surface area (Å²) in [4.78, 5) is 21.6. The van der Waals surface area contributed by atoms with E-state index in [9.17, 15) is 0 Å². The number of hydrogen-bond donors (Lipinski definition) is 3. The summed E-state index contributed by atoms with van der Waals surface area (Å²) in [6.07, 6.45) is 0. The fraction of sp³-hybridized carbons (Fsp3) is 0.